The van der Waals surface area contributed by atoms with Crippen LogP contribution in [0.4, 0.5) is 5.82 Å². The molecule has 5 heteroatoms. The highest BCUT2D eigenvalue weighted by molar-refractivity contribution is 5.90. The van der Waals surface area contributed by atoms with Crippen molar-refractivity contribution in [2.75, 3.05) is 5.32 Å². The topological polar surface area (TPSA) is 70.9 Å². The van der Waals surface area contributed by atoms with E-state index in [-0.39, 0.29) is 12.1 Å². The van der Waals surface area contributed by atoms with Gasteiger partial charge in [-0.2, -0.15) is 0 Å². The molecule has 122 valence electrons. The third-order valence-electron chi connectivity index (χ3n) is 4.57. The first-order valence-corrected chi connectivity index (χ1v) is 8.43. The Morgan fingerprint density at radius 2 is 1.88 bits per heavy atom. The van der Waals surface area contributed by atoms with Crippen LogP contribution in [0.3, 0.4) is 0 Å². The number of nitrogens with one attached hydrogen (secondary N) is 1. The summed E-state index contributed by atoms with van der Waals surface area (Å²) < 4.78 is 0. The Balaban J connectivity index is 1.78. The second-order valence-corrected chi connectivity index (χ2v) is 6.26. The molecule has 1 saturated carbocycles. The van der Waals surface area contributed by atoms with Gasteiger partial charge in [0.05, 0.1) is 17.7 Å². The van der Waals surface area contributed by atoms with Crippen LogP contribution < -0.4 is 5.32 Å². The molecule has 1 fully saturated rings. The lowest BCUT2D eigenvalue weighted by Crippen LogP contribution is -2.36. The van der Waals surface area contributed by atoms with Gasteiger partial charge >= 0.3 is 0 Å². The van der Waals surface area contributed by atoms with E-state index >= 15 is 0 Å². The van der Waals surface area contributed by atoms with Crippen molar-refractivity contribution in [3.8, 4) is 11.4 Å². The number of nitrogens with zero attached hydrogens (tertiary/aromatic N) is 3. The first-order valence-electron chi connectivity index (χ1n) is 8.43. The number of para-hydroxylation sites is 1. The van der Waals surface area contributed by atoms with E-state index in [0.717, 1.165) is 48.0 Å². The molecule has 2 aromatic heterocycles. The smallest absolute Gasteiger partial charge is 0.163 e. The van der Waals surface area contributed by atoms with E-state index in [9.17, 15) is 5.11 Å². The van der Waals surface area contributed by atoms with E-state index in [4.69, 9.17) is 4.98 Å². The van der Waals surface area contributed by atoms with Gasteiger partial charge in [0.25, 0.3) is 0 Å². The molecule has 24 heavy (non-hydrogen) atoms. The van der Waals surface area contributed by atoms with Crippen LogP contribution in [0.1, 0.15) is 25.7 Å². The molecule has 2 heterocycles. The van der Waals surface area contributed by atoms with E-state index in [1.165, 1.54) is 0 Å². The second kappa shape index (κ2) is 6.53. The van der Waals surface area contributed by atoms with Crippen molar-refractivity contribution >= 4 is 16.7 Å². The van der Waals surface area contributed by atoms with Crippen LogP contribution in [0.25, 0.3) is 22.3 Å². The van der Waals surface area contributed by atoms with Crippen molar-refractivity contribution in [2.24, 2.45) is 0 Å². The Bertz CT molecular complexity index is 837. The van der Waals surface area contributed by atoms with Crippen molar-refractivity contribution in [3.63, 3.8) is 0 Å². The van der Waals surface area contributed by atoms with E-state index in [0.29, 0.717) is 5.82 Å². The highest BCUT2D eigenvalue weighted by atomic mass is 16.3. The number of aromatic nitrogens is 3. The van der Waals surface area contributed by atoms with Gasteiger partial charge in [-0.3, -0.25) is 4.98 Å². The summed E-state index contributed by atoms with van der Waals surface area (Å²) in [5, 5.41) is 14.7. The monoisotopic (exact) mass is 320 g/mol. The fraction of sp³-hybridized carbons (Fsp3) is 0.316. The predicted molar refractivity (Wildman–Crippen MR) is 94.7 cm³/mol. The largest absolute Gasteiger partial charge is 0.391 e. The minimum absolute atomic E-state index is 0.0406. The molecule has 2 N–H and O–H groups in total. The molecule has 1 aliphatic carbocycles. The van der Waals surface area contributed by atoms with Gasteiger partial charge in [-0.15, -0.1) is 0 Å². The van der Waals surface area contributed by atoms with E-state index in [1.54, 1.807) is 12.4 Å². The molecule has 0 unspecified atom stereocenters. The highest BCUT2D eigenvalue weighted by Crippen LogP contribution is 2.28. The quantitative estimate of drug-likeness (QED) is 0.774. The standard InChI is InChI=1S/C19H20N4O/c24-17-10-4-3-9-16(17)22-19-14-7-1-2-8-15(14)21-18(23-19)13-6-5-11-20-12-13/h1-2,5-8,11-12,16-17,24H,3-4,9-10H2,(H,21,22,23)/t16-,17-/m1/s1. The number of pyridine rings is 1. The van der Waals surface area contributed by atoms with Crippen LogP contribution in [-0.2, 0) is 0 Å². The van der Waals surface area contributed by atoms with E-state index in [1.807, 2.05) is 36.4 Å². The molecule has 0 radical (unpaired) electrons. The summed E-state index contributed by atoms with van der Waals surface area (Å²) in [5.41, 5.74) is 1.77. The van der Waals surface area contributed by atoms with Crippen LogP contribution in [-0.4, -0.2) is 32.2 Å². The molecule has 1 aromatic carbocycles. The van der Waals surface area contributed by atoms with Crippen LogP contribution in [0.5, 0.6) is 0 Å². The summed E-state index contributed by atoms with van der Waals surface area (Å²) in [6.45, 7) is 0. The molecule has 0 saturated heterocycles. The predicted octanol–water partition coefficient (Wildman–Crippen LogP) is 3.41. The number of fused-ring (bicyclic) bond motifs is 1. The van der Waals surface area contributed by atoms with Crippen molar-refractivity contribution in [1.82, 2.24) is 15.0 Å². The number of hydrogen-bond acceptors (Lipinski definition) is 5. The first-order chi connectivity index (χ1) is 11.8. The molecule has 4 rings (SSSR count). The summed E-state index contributed by atoms with van der Waals surface area (Å²) in [5.74, 6) is 1.43. The number of anilines is 1. The van der Waals surface area contributed by atoms with Gasteiger partial charge < -0.3 is 10.4 Å². The van der Waals surface area contributed by atoms with Gasteiger partial charge in [0.15, 0.2) is 5.82 Å². The summed E-state index contributed by atoms with van der Waals surface area (Å²) in [6.07, 6.45) is 7.20. The lowest BCUT2D eigenvalue weighted by molar-refractivity contribution is 0.116. The molecule has 1 aliphatic rings. The number of aliphatic hydroxyl groups is 1. The zero-order chi connectivity index (χ0) is 16.4. The minimum Gasteiger partial charge on any atom is -0.391 e. The number of rotatable bonds is 3. The number of hydrogen-bond donors (Lipinski definition) is 2. The summed E-state index contributed by atoms with van der Waals surface area (Å²) >= 11 is 0. The first kappa shape index (κ1) is 15.0. The fourth-order valence-corrected chi connectivity index (χ4v) is 3.27. The molecular weight excluding hydrogens is 300 g/mol. The second-order valence-electron chi connectivity index (χ2n) is 6.26. The van der Waals surface area contributed by atoms with Crippen molar-refractivity contribution in [3.05, 3.63) is 48.8 Å². The Kier molecular flexibility index (Phi) is 4.09. The normalized spacial score (nSPS) is 20.9. The van der Waals surface area contributed by atoms with E-state index < -0.39 is 0 Å². The molecule has 0 amide bonds. The Morgan fingerprint density at radius 1 is 1.00 bits per heavy atom. The molecule has 0 aliphatic heterocycles. The minimum atomic E-state index is -0.325. The Hall–Kier alpha value is -2.53. The van der Waals surface area contributed by atoms with Gasteiger partial charge in [0.2, 0.25) is 0 Å². The van der Waals surface area contributed by atoms with E-state index in [2.05, 4.69) is 15.3 Å². The maximum Gasteiger partial charge on any atom is 0.163 e. The molecule has 2 atom stereocenters. The third-order valence-corrected chi connectivity index (χ3v) is 4.57. The summed E-state index contributed by atoms with van der Waals surface area (Å²) in [6, 6.07) is 11.8. The maximum atomic E-state index is 10.3. The molecule has 3 aromatic rings. The lowest BCUT2D eigenvalue weighted by atomic mass is 9.92. The van der Waals surface area contributed by atoms with Gasteiger partial charge in [0, 0.05) is 23.3 Å². The molecule has 5 nitrogen and oxygen atoms in total. The van der Waals surface area contributed by atoms with Gasteiger partial charge in [-0.1, -0.05) is 25.0 Å². The third kappa shape index (κ3) is 2.95. The van der Waals surface area contributed by atoms with Crippen LogP contribution in [0.15, 0.2) is 48.8 Å². The Labute approximate surface area is 140 Å². The van der Waals surface area contributed by atoms with Crippen molar-refractivity contribution in [2.45, 2.75) is 37.8 Å². The highest BCUT2D eigenvalue weighted by Gasteiger charge is 2.24. The van der Waals surface area contributed by atoms with Crippen LogP contribution >= 0.6 is 0 Å². The number of aliphatic hydroxyl groups excluding tert-OH is 1. The molecule has 0 bridgehead atoms. The number of benzene rings is 1. The average molecular weight is 320 g/mol. The molecular formula is C19H20N4O. The summed E-state index contributed by atoms with van der Waals surface area (Å²) in [7, 11) is 0. The maximum absolute atomic E-state index is 10.3. The van der Waals surface area contributed by atoms with Crippen LogP contribution in [0, 0.1) is 0 Å². The molecule has 0 spiro atoms. The van der Waals surface area contributed by atoms with Crippen molar-refractivity contribution in [1.29, 1.82) is 0 Å². The zero-order valence-corrected chi connectivity index (χ0v) is 13.4. The van der Waals surface area contributed by atoms with Gasteiger partial charge in [-0.05, 0) is 37.1 Å². The Morgan fingerprint density at radius 3 is 2.71 bits per heavy atom. The van der Waals surface area contributed by atoms with Crippen LogP contribution in [0.2, 0.25) is 0 Å². The average Bonchev–Trinajstić information content (AvgIpc) is 2.64. The van der Waals surface area contributed by atoms with Crippen molar-refractivity contribution < 1.29 is 5.11 Å². The lowest BCUT2D eigenvalue weighted by Gasteiger charge is -2.29. The van der Waals surface area contributed by atoms with Gasteiger partial charge in [0.1, 0.15) is 5.82 Å². The fourth-order valence-electron chi connectivity index (χ4n) is 3.27. The van der Waals surface area contributed by atoms with Gasteiger partial charge in [-0.25, -0.2) is 9.97 Å². The summed E-state index contributed by atoms with van der Waals surface area (Å²) in [4.78, 5) is 13.5. The SMILES string of the molecule is O[C@@H]1CCCC[C@H]1Nc1nc(-c2cccnc2)nc2ccccc12. The zero-order valence-electron chi connectivity index (χ0n) is 13.4.